The van der Waals surface area contributed by atoms with E-state index in [1.54, 1.807) is 13.0 Å². The van der Waals surface area contributed by atoms with Crippen LogP contribution in [0, 0.1) is 10.1 Å². The Morgan fingerprint density at radius 1 is 1.53 bits per heavy atom. The minimum absolute atomic E-state index is 0.0361. The average Bonchev–Trinajstić information content (AvgIpc) is 2.27. The van der Waals surface area contributed by atoms with E-state index < -0.39 is 10.8 Å². The first-order chi connectivity index (χ1) is 7.10. The van der Waals surface area contributed by atoms with E-state index in [0.717, 1.165) is 12.0 Å². The highest BCUT2D eigenvalue weighted by molar-refractivity contribution is 5.65. The van der Waals surface area contributed by atoms with Crippen LogP contribution >= 0.6 is 0 Å². The second-order valence-corrected chi connectivity index (χ2v) is 3.43. The van der Waals surface area contributed by atoms with Gasteiger partial charge in [0.05, 0.1) is 4.92 Å². The molecule has 1 aromatic rings. The summed E-state index contributed by atoms with van der Waals surface area (Å²) in [5, 5.41) is 10.8. The summed E-state index contributed by atoms with van der Waals surface area (Å²) in [6.45, 7) is 3.59. The first-order valence-corrected chi connectivity index (χ1v) is 4.82. The number of rotatable bonds is 4. The molecule has 0 spiro atoms. The average molecular weight is 207 g/mol. The molecule has 0 bridgehead atoms. The molecular formula is C11H13NO3. The predicted octanol–water partition coefficient (Wildman–Crippen LogP) is 2.46. The van der Waals surface area contributed by atoms with Crippen molar-refractivity contribution in [2.75, 3.05) is 0 Å². The second-order valence-electron chi connectivity index (χ2n) is 3.43. The van der Waals surface area contributed by atoms with Crippen LogP contribution in [-0.2, 0) is 11.2 Å². The minimum Gasteiger partial charge on any atom is -0.303 e. The van der Waals surface area contributed by atoms with Crippen LogP contribution in [0.4, 0.5) is 5.69 Å². The molecule has 0 N–H and O–H groups in total. The Bertz CT molecular complexity index is 387. The molecule has 1 unspecified atom stereocenters. The Kier molecular flexibility index (Phi) is 3.55. The highest BCUT2D eigenvalue weighted by Crippen LogP contribution is 2.26. The summed E-state index contributed by atoms with van der Waals surface area (Å²) in [5.41, 5.74) is 1.42. The number of hydrogen-bond donors (Lipinski definition) is 0. The van der Waals surface area contributed by atoms with Crippen LogP contribution in [0.25, 0.3) is 0 Å². The van der Waals surface area contributed by atoms with E-state index in [-0.39, 0.29) is 5.69 Å². The smallest absolute Gasteiger partial charge is 0.273 e. The van der Waals surface area contributed by atoms with E-state index >= 15 is 0 Å². The third-order valence-corrected chi connectivity index (χ3v) is 2.39. The predicted molar refractivity (Wildman–Crippen MR) is 57.0 cm³/mol. The lowest BCUT2D eigenvalue weighted by Gasteiger charge is -2.06. The van der Waals surface area contributed by atoms with Crippen LogP contribution in [0.15, 0.2) is 18.2 Å². The fraction of sp³-hybridized carbons (Fsp3) is 0.364. The lowest BCUT2D eigenvalue weighted by molar-refractivity contribution is -0.385. The van der Waals surface area contributed by atoms with Gasteiger partial charge in [-0.15, -0.1) is 0 Å². The number of nitro benzene ring substituents is 1. The van der Waals surface area contributed by atoms with E-state index in [0.29, 0.717) is 11.8 Å². The molecule has 4 heteroatoms. The van der Waals surface area contributed by atoms with E-state index in [1.165, 1.54) is 6.07 Å². The molecule has 1 aromatic carbocycles. The highest BCUT2D eigenvalue weighted by Gasteiger charge is 2.18. The zero-order chi connectivity index (χ0) is 11.4. The molecule has 15 heavy (non-hydrogen) atoms. The van der Waals surface area contributed by atoms with Crippen molar-refractivity contribution < 1.29 is 9.72 Å². The van der Waals surface area contributed by atoms with Crippen molar-refractivity contribution in [3.63, 3.8) is 0 Å². The lowest BCUT2D eigenvalue weighted by Crippen LogP contribution is -2.01. The van der Waals surface area contributed by atoms with Crippen LogP contribution < -0.4 is 0 Å². The monoisotopic (exact) mass is 207 g/mol. The molecule has 1 atom stereocenters. The van der Waals surface area contributed by atoms with Gasteiger partial charge in [0.25, 0.3) is 5.69 Å². The summed E-state index contributed by atoms with van der Waals surface area (Å²) < 4.78 is 0. The molecule has 0 heterocycles. The zero-order valence-electron chi connectivity index (χ0n) is 8.77. The third kappa shape index (κ3) is 2.40. The fourth-order valence-electron chi connectivity index (χ4n) is 1.43. The SMILES string of the molecule is CCc1ccc(C(C)C=O)c([N+](=O)[O-])c1. The maximum absolute atomic E-state index is 10.8. The summed E-state index contributed by atoms with van der Waals surface area (Å²) in [7, 11) is 0. The van der Waals surface area contributed by atoms with E-state index in [1.807, 2.05) is 13.0 Å². The maximum atomic E-state index is 10.8. The summed E-state index contributed by atoms with van der Waals surface area (Å²) in [4.78, 5) is 21.0. The molecule has 80 valence electrons. The van der Waals surface area contributed by atoms with E-state index in [9.17, 15) is 14.9 Å². The van der Waals surface area contributed by atoms with Crippen molar-refractivity contribution in [3.8, 4) is 0 Å². The van der Waals surface area contributed by atoms with Gasteiger partial charge in [0.1, 0.15) is 6.29 Å². The van der Waals surface area contributed by atoms with Crippen LogP contribution in [0.1, 0.15) is 30.9 Å². The lowest BCUT2D eigenvalue weighted by atomic mass is 9.98. The molecule has 0 aliphatic heterocycles. The van der Waals surface area contributed by atoms with Gasteiger partial charge in [0.2, 0.25) is 0 Å². The number of carbonyl (C=O) groups is 1. The molecule has 1 rings (SSSR count). The van der Waals surface area contributed by atoms with Gasteiger partial charge >= 0.3 is 0 Å². The third-order valence-electron chi connectivity index (χ3n) is 2.39. The first-order valence-electron chi connectivity index (χ1n) is 4.82. The molecular weight excluding hydrogens is 194 g/mol. The Balaban J connectivity index is 3.26. The van der Waals surface area contributed by atoms with Gasteiger partial charge in [0, 0.05) is 17.5 Å². The topological polar surface area (TPSA) is 60.2 Å². The number of aldehydes is 1. The van der Waals surface area contributed by atoms with Crippen molar-refractivity contribution in [2.24, 2.45) is 0 Å². The number of nitrogens with zero attached hydrogens (tertiary/aromatic N) is 1. The summed E-state index contributed by atoms with van der Waals surface area (Å²) in [6, 6.07) is 5.02. The van der Waals surface area contributed by atoms with E-state index in [2.05, 4.69) is 0 Å². The number of aryl methyl sites for hydroxylation is 1. The molecule has 4 nitrogen and oxygen atoms in total. The van der Waals surface area contributed by atoms with Gasteiger partial charge in [-0.2, -0.15) is 0 Å². The van der Waals surface area contributed by atoms with Gasteiger partial charge in [-0.05, 0) is 12.0 Å². The standard InChI is InChI=1S/C11H13NO3/c1-3-9-4-5-10(8(2)7-13)11(6-9)12(14)15/h4-8H,3H2,1-2H3. The number of hydrogen-bond acceptors (Lipinski definition) is 3. The van der Waals surface area contributed by atoms with Crippen LogP contribution in [-0.4, -0.2) is 11.2 Å². The quantitative estimate of drug-likeness (QED) is 0.433. The van der Waals surface area contributed by atoms with Crippen molar-refractivity contribution in [1.82, 2.24) is 0 Å². The largest absolute Gasteiger partial charge is 0.303 e. The van der Waals surface area contributed by atoms with Crippen LogP contribution in [0.3, 0.4) is 0 Å². The first kappa shape index (κ1) is 11.4. The normalized spacial score (nSPS) is 12.1. The van der Waals surface area contributed by atoms with Crippen molar-refractivity contribution in [1.29, 1.82) is 0 Å². The minimum atomic E-state index is -0.436. The summed E-state index contributed by atoms with van der Waals surface area (Å²) in [5.74, 6) is -0.434. The Morgan fingerprint density at radius 3 is 2.67 bits per heavy atom. The second kappa shape index (κ2) is 4.68. The molecule has 0 fully saturated rings. The van der Waals surface area contributed by atoms with Crippen LogP contribution in [0.5, 0.6) is 0 Å². The van der Waals surface area contributed by atoms with E-state index in [4.69, 9.17) is 0 Å². The van der Waals surface area contributed by atoms with Crippen molar-refractivity contribution in [3.05, 3.63) is 39.4 Å². The van der Waals surface area contributed by atoms with Crippen molar-refractivity contribution >= 4 is 12.0 Å². The molecule has 0 amide bonds. The van der Waals surface area contributed by atoms with Gasteiger partial charge in [0.15, 0.2) is 0 Å². The molecule has 0 aliphatic carbocycles. The highest BCUT2D eigenvalue weighted by atomic mass is 16.6. The maximum Gasteiger partial charge on any atom is 0.273 e. The molecule has 0 aromatic heterocycles. The summed E-state index contributed by atoms with van der Waals surface area (Å²) in [6.07, 6.45) is 1.46. The molecule has 0 aliphatic rings. The number of carbonyl (C=O) groups excluding carboxylic acids is 1. The van der Waals surface area contributed by atoms with Gasteiger partial charge < -0.3 is 4.79 Å². The summed E-state index contributed by atoms with van der Waals surface area (Å²) >= 11 is 0. The zero-order valence-corrected chi connectivity index (χ0v) is 8.77. The van der Waals surface area contributed by atoms with Gasteiger partial charge in [-0.1, -0.05) is 26.0 Å². The fourth-order valence-corrected chi connectivity index (χ4v) is 1.43. The number of benzene rings is 1. The molecule has 0 saturated heterocycles. The van der Waals surface area contributed by atoms with Gasteiger partial charge in [-0.25, -0.2) is 0 Å². The molecule has 0 radical (unpaired) electrons. The van der Waals surface area contributed by atoms with Gasteiger partial charge in [-0.3, -0.25) is 10.1 Å². The number of nitro groups is 1. The van der Waals surface area contributed by atoms with Crippen molar-refractivity contribution in [2.45, 2.75) is 26.2 Å². The Labute approximate surface area is 88.1 Å². The van der Waals surface area contributed by atoms with Crippen LogP contribution in [0.2, 0.25) is 0 Å². The Hall–Kier alpha value is -1.71. The Morgan fingerprint density at radius 2 is 2.20 bits per heavy atom. The molecule has 0 saturated carbocycles.